The average molecular weight is 483 g/mol. The molecule has 1 aromatic carbocycles. The van der Waals surface area contributed by atoms with Gasteiger partial charge in [0.1, 0.15) is 12.6 Å². The number of rotatable bonds is 8. The molecule has 2 amide bonds. The van der Waals surface area contributed by atoms with Gasteiger partial charge >= 0.3 is 0 Å². The highest BCUT2D eigenvalue weighted by Crippen LogP contribution is 2.37. The number of hydrogen-bond acceptors (Lipinski definition) is 4. The fourth-order valence-electron chi connectivity index (χ4n) is 5.81. The second-order valence-electron chi connectivity index (χ2n) is 10.5. The summed E-state index contributed by atoms with van der Waals surface area (Å²) in [6.45, 7) is 4.73. The summed E-state index contributed by atoms with van der Waals surface area (Å²) >= 11 is 0. The number of methoxy groups -OCH3 is 1. The van der Waals surface area contributed by atoms with Crippen molar-refractivity contribution in [2.45, 2.75) is 103 Å². The smallest absolute Gasteiger partial charge is 0.250 e. The first-order chi connectivity index (χ1) is 17.0. The van der Waals surface area contributed by atoms with Gasteiger partial charge in [-0.3, -0.25) is 9.59 Å². The number of carbonyl (C=O) groups excluding carboxylic acids is 2. The van der Waals surface area contributed by atoms with Gasteiger partial charge in [-0.25, -0.2) is 0 Å². The minimum Gasteiger partial charge on any atom is -0.493 e. The normalized spacial score (nSPS) is 22.3. The van der Waals surface area contributed by atoms with Gasteiger partial charge in [0, 0.05) is 12.6 Å². The van der Waals surface area contributed by atoms with E-state index >= 15 is 0 Å². The number of amides is 2. The van der Waals surface area contributed by atoms with Gasteiger partial charge in [0.05, 0.1) is 13.2 Å². The van der Waals surface area contributed by atoms with Crippen LogP contribution in [0.5, 0.6) is 11.5 Å². The summed E-state index contributed by atoms with van der Waals surface area (Å²) in [7, 11) is 1.62. The van der Waals surface area contributed by atoms with Gasteiger partial charge in [-0.15, -0.1) is 0 Å². The highest BCUT2D eigenvalue weighted by atomic mass is 16.5. The Hall–Kier alpha value is -2.50. The highest BCUT2D eigenvalue weighted by molar-refractivity contribution is 5.96. The van der Waals surface area contributed by atoms with Crippen molar-refractivity contribution in [2.75, 3.05) is 20.2 Å². The molecule has 6 nitrogen and oxygen atoms in total. The second-order valence-corrected chi connectivity index (χ2v) is 10.5. The molecular formula is C29H42N2O4. The monoisotopic (exact) mass is 482 g/mol. The first-order valence-electron chi connectivity index (χ1n) is 13.6. The Kier molecular flexibility index (Phi) is 8.74. The molecule has 0 radical (unpaired) electrons. The molecular weight excluding hydrogens is 440 g/mol. The van der Waals surface area contributed by atoms with E-state index in [1.54, 1.807) is 7.11 Å². The predicted octanol–water partition coefficient (Wildman–Crippen LogP) is 5.81. The summed E-state index contributed by atoms with van der Waals surface area (Å²) in [6, 6.07) is 5.23. The quantitative estimate of drug-likeness (QED) is 0.347. The first kappa shape index (κ1) is 25.6. The van der Waals surface area contributed by atoms with Crippen LogP contribution in [0, 0.1) is 0 Å². The van der Waals surface area contributed by atoms with E-state index in [0.717, 1.165) is 50.5 Å². The molecule has 0 aromatic heterocycles. The topological polar surface area (TPSA) is 59.1 Å². The molecule has 1 saturated heterocycles. The van der Waals surface area contributed by atoms with Crippen LogP contribution < -0.4 is 9.47 Å². The molecule has 1 aliphatic heterocycles. The molecule has 2 aliphatic carbocycles. The van der Waals surface area contributed by atoms with Crippen molar-refractivity contribution >= 4 is 11.8 Å². The first-order valence-corrected chi connectivity index (χ1v) is 13.6. The van der Waals surface area contributed by atoms with E-state index in [-0.39, 0.29) is 30.5 Å². The minimum atomic E-state index is -0.620. The molecule has 35 heavy (non-hydrogen) atoms. The highest BCUT2D eigenvalue weighted by Gasteiger charge is 2.43. The zero-order chi connectivity index (χ0) is 24.8. The molecule has 192 valence electrons. The number of benzene rings is 1. The third-order valence-corrected chi connectivity index (χ3v) is 7.65. The van der Waals surface area contributed by atoms with E-state index < -0.39 is 6.04 Å². The van der Waals surface area contributed by atoms with Gasteiger partial charge in [0.25, 0.3) is 5.91 Å². The van der Waals surface area contributed by atoms with Crippen molar-refractivity contribution in [3.05, 3.63) is 35.4 Å². The molecule has 0 N–H and O–H groups in total. The van der Waals surface area contributed by atoms with Crippen molar-refractivity contribution in [3.63, 3.8) is 0 Å². The Morgan fingerprint density at radius 2 is 1.77 bits per heavy atom. The Labute approximate surface area is 210 Å². The van der Waals surface area contributed by atoms with Crippen LogP contribution in [0.4, 0.5) is 0 Å². The van der Waals surface area contributed by atoms with E-state index in [2.05, 4.69) is 6.08 Å². The summed E-state index contributed by atoms with van der Waals surface area (Å²) in [5, 5.41) is 0. The molecule has 1 saturated carbocycles. The van der Waals surface area contributed by atoms with Crippen LogP contribution >= 0.6 is 0 Å². The predicted molar refractivity (Wildman–Crippen MR) is 138 cm³/mol. The molecule has 2 fully saturated rings. The van der Waals surface area contributed by atoms with Crippen molar-refractivity contribution in [1.82, 2.24) is 9.80 Å². The Balaban J connectivity index is 1.64. The zero-order valence-corrected chi connectivity index (χ0v) is 21.8. The van der Waals surface area contributed by atoms with Crippen molar-refractivity contribution in [2.24, 2.45) is 0 Å². The van der Waals surface area contributed by atoms with Gasteiger partial charge in [0.2, 0.25) is 5.91 Å². The lowest BCUT2D eigenvalue weighted by atomic mass is 9.94. The van der Waals surface area contributed by atoms with Crippen molar-refractivity contribution in [3.8, 4) is 11.5 Å². The number of carbonyl (C=O) groups is 2. The van der Waals surface area contributed by atoms with Gasteiger partial charge < -0.3 is 19.3 Å². The number of ether oxygens (including phenoxy) is 2. The van der Waals surface area contributed by atoms with Gasteiger partial charge in [0.15, 0.2) is 11.5 Å². The lowest BCUT2D eigenvalue weighted by molar-refractivity contribution is -0.158. The largest absolute Gasteiger partial charge is 0.493 e. The van der Waals surface area contributed by atoms with Crippen LogP contribution in [-0.2, 0) is 9.59 Å². The van der Waals surface area contributed by atoms with E-state index in [1.807, 2.05) is 41.8 Å². The summed E-state index contributed by atoms with van der Waals surface area (Å²) in [5.74, 6) is 1.35. The molecule has 0 unspecified atom stereocenters. The number of allylic oxidation sites excluding steroid dienone is 1. The molecule has 1 aromatic rings. The third kappa shape index (κ3) is 6.20. The van der Waals surface area contributed by atoms with Crippen LogP contribution in [0.3, 0.4) is 0 Å². The van der Waals surface area contributed by atoms with Crippen molar-refractivity contribution < 1.29 is 19.1 Å². The van der Waals surface area contributed by atoms with E-state index in [1.165, 1.54) is 31.3 Å². The van der Waals surface area contributed by atoms with Gasteiger partial charge in [-0.1, -0.05) is 43.4 Å². The lowest BCUT2D eigenvalue weighted by Gasteiger charge is -2.44. The van der Waals surface area contributed by atoms with Gasteiger partial charge in [-0.2, -0.15) is 0 Å². The lowest BCUT2D eigenvalue weighted by Crippen LogP contribution is -2.58. The van der Waals surface area contributed by atoms with Gasteiger partial charge in [-0.05, 0) is 76.5 Å². The van der Waals surface area contributed by atoms with Crippen LogP contribution in [-0.4, -0.2) is 54.0 Å². The SMILES string of the molecule is COc1cc([C@H]2C(=O)N(C3CCCCCC3)CC(=O)N2CCC2=CCCCC2)ccc1OC(C)C. The van der Waals surface area contributed by atoms with Crippen molar-refractivity contribution in [1.29, 1.82) is 0 Å². The van der Waals surface area contributed by atoms with Crippen LogP contribution in [0.2, 0.25) is 0 Å². The zero-order valence-electron chi connectivity index (χ0n) is 21.8. The minimum absolute atomic E-state index is 0.0126. The summed E-state index contributed by atoms with van der Waals surface area (Å²) in [4.78, 5) is 31.3. The molecule has 1 atom stereocenters. The standard InChI is InChI=1S/C29H42N2O4/c1-21(2)35-25-16-15-23(19-26(25)34-3)28-29(33)31(24-13-9-4-5-10-14-24)20-27(32)30(28)18-17-22-11-7-6-8-12-22/h11,15-16,19,21,24,28H,4-10,12-14,17-18,20H2,1-3H3/t28-/m0/s1. The molecule has 3 aliphatic rings. The number of hydrogen-bond donors (Lipinski definition) is 0. The number of piperazine rings is 1. The molecule has 4 rings (SSSR count). The fraction of sp³-hybridized carbons (Fsp3) is 0.655. The van der Waals surface area contributed by atoms with E-state index in [0.29, 0.717) is 18.0 Å². The summed E-state index contributed by atoms with van der Waals surface area (Å²) in [5.41, 5.74) is 2.21. The summed E-state index contributed by atoms with van der Waals surface area (Å²) < 4.78 is 11.5. The Morgan fingerprint density at radius 3 is 2.43 bits per heavy atom. The second kappa shape index (κ2) is 12.0. The maximum absolute atomic E-state index is 14.1. The van der Waals surface area contributed by atoms with Crippen LogP contribution in [0.1, 0.15) is 96.1 Å². The molecule has 0 bridgehead atoms. The van der Waals surface area contributed by atoms with E-state index in [9.17, 15) is 9.59 Å². The van der Waals surface area contributed by atoms with Crippen LogP contribution in [0.25, 0.3) is 0 Å². The number of nitrogens with zero attached hydrogens (tertiary/aromatic N) is 2. The fourth-order valence-corrected chi connectivity index (χ4v) is 5.81. The summed E-state index contributed by atoms with van der Waals surface area (Å²) in [6.07, 6.45) is 14.5. The Morgan fingerprint density at radius 1 is 1.00 bits per heavy atom. The molecule has 0 spiro atoms. The third-order valence-electron chi connectivity index (χ3n) is 7.65. The van der Waals surface area contributed by atoms with Crippen LogP contribution in [0.15, 0.2) is 29.8 Å². The molecule has 6 heteroatoms. The molecule has 1 heterocycles. The average Bonchev–Trinajstić information content (AvgIpc) is 3.14. The maximum atomic E-state index is 14.1. The maximum Gasteiger partial charge on any atom is 0.250 e. The van der Waals surface area contributed by atoms with E-state index in [4.69, 9.17) is 9.47 Å². The Bertz CT molecular complexity index is 917.